The lowest BCUT2D eigenvalue weighted by molar-refractivity contribution is 0.124. The van der Waals surface area contributed by atoms with Crippen molar-refractivity contribution in [2.75, 3.05) is 5.73 Å². The number of hydrogen-bond donors (Lipinski definition) is 1. The molecule has 1 heterocycles. The van der Waals surface area contributed by atoms with E-state index in [-0.39, 0.29) is 5.60 Å². The highest BCUT2D eigenvalue weighted by Crippen LogP contribution is 2.31. The molecule has 0 bridgehead atoms. The topological polar surface area (TPSA) is 57.4 Å². The molecule has 0 saturated heterocycles. The normalized spacial score (nSPS) is 15.9. The van der Waals surface area contributed by atoms with Crippen molar-refractivity contribution in [1.82, 2.24) is 4.98 Å². The third kappa shape index (κ3) is 3.02. The molecule has 0 radical (unpaired) electrons. The maximum atomic E-state index is 5.87. The smallest absolute Gasteiger partial charge is 0.216 e. The molecule has 2 N–H and O–H groups in total. The fourth-order valence-electron chi connectivity index (χ4n) is 1.27. The van der Waals surface area contributed by atoms with Crippen LogP contribution in [0.5, 0.6) is 11.6 Å². The second kappa shape index (κ2) is 3.85. The van der Waals surface area contributed by atoms with Crippen molar-refractivity contribution in [2.45, 2.75) is 45.3 Å². The van der Waals surface area contributed by atoms with Gasteiger partial charge >= 0.3 is 0 Å². The van der Waals surface area contributed by atoms with Crippen LogP contribution in [-0.4, -0.2) is 16.7 Å². The van der Waals surface area contributed by atoms with Gasteiger partial charge < -0.3 is 15.2 Å². The summed E-state index contributed by atoms with van der Waals surface area (Å²) in [6, 6.07) is 1.71. The van der Waals surface area contributed by atoms with Crippen LogP contribution < -0.4 is 15.2 Å². The molecule has 4 nitrogen and oxygen atoms in total. The Morgan fingerprint density at radius 2 is 2.06 bits per heavy atom. The van der Waals surface area contributed by atoms with Gasteiger partial charge in [0, 0.05) is 6.07 Å². The van der Waals surface area contributed by atoms with Crippen molar-refractivity contribution in [3.05, 3.63) is 12.3 Å². The highest BCUT2D eigenvalue weighted by molar-refractivity contribution is 5.53. The molecule has 0 aliphatic heterocycles. The van der Waals surface area contributed by atoms with Crippen LogP contribution in [-0.2, 0) is 0 Å². The van der Waals surface area contributed by atoms with Crippen molar-refractivity contribution in [2.24, 2.45) is 0 Å². The fraction of sp³-hybridized carbons (Fsp3) is 0.583. The third-order valence-corrected chi connectivity index (χ3v) is 2.10. The minimum atomic E-state index is -0.266. The Morgan fingerprint density at radius 3 is 2.56 bits per heavy atom. The molecule has 0 atom stereocenters. The van der Waals surface area contributed by atoms with Gasteiger partial charge in [0.15, 0.2) is 5.75 Å². The number of pyridine rings is 1. The van der Waals surface area contributed by atoms with Crippen LogP contribution in [0.25, 0.3) is 0 Å². The van der Waals surface area contributed by atoms with Crippen LogP contribution in [0.4, 0.5) is 5.69 Å². The van der Waals surface area contributed by atoms with Crippen LogP contribution >= 0.6 is 0 Å². The first-order valence-corrected chi connectivity index (χ1v) is 5.55. The van der Waals surface area contributed by atoms with E-state index in [0.717, 1.165) is 12.8 Å². The van der Waals surface area contributed by atoms with E-state index in [1.807, 2.05) is 20.8 Å². The maximum absolute atomic E-state index is 5.87. The highest BCUT2D eigenvalue weighted by atomic mass is 16.5. The van der Waals surface area contributed by atoms with E-state index in [0.29, 0.717) is 23.4 Å². The van der Waals surface area contributed by atoms with Crippen LogP contribution in [0.15, 0.2) is 12.3 Å². The Kier molecular flexibility index (Phi) is 2.66. The van der Waals surface area contributed by atoms with Gasteiger partial charge in [-0.1, -0.05) is 0 Å². The summed E-state index contributed by atoms with van der Waals surface area (Å²) in [4.78, 5) is 4.18. The zero-order valence-corrected chi connectivity index (χ0v) is 9.99. The standard InChI is InChI=1S/C12H18N2O2/c1-12(2,3)16-11-6-9(13)10(7-14-11)15-8-4-5-8/h6-8H,4-5H2,1-3H3,(H2,13,14). The summed E-state index contributed by atoms with van der Waals surface area (Å²) < 4.78 is 11.2. The van der Waals surface area contributed by atoms with Crippen LogP contribution in [0.2, 0.25) is 0 Å². The molecule has 1 aliphatic rings. The molecule has 1 fully saturated rings. The molecule has 2 rings (SSSR count). The van der Waals surface area contributed by atoms with E-state index < -0.39 is 0 Å². The molecule has 88 valence electrons. The minimum Gasteiger partial charge on any atom is -0.487 e. The predicted octanol–water partition coefficient (Wildman–Crippen LogP) is 2.38. The first-order valence-electron chi connectivity index (χ1n) is 5.55. The Labute approximate surface area is 95.8 Å². The Hall–Kier alpha value is -1.45. The fourth-order valence-corrected chi connectivity index (χ4v) is 1.27. The minimum absolute atomic E-state index is 0.266. The summed E-state index contributed by atoms with van der Waals surface area (Å²) in [5.41, 5.74) is 6.19. The summed E-state index contributed by atoms with van der Waals surface area (Å²) in [6.45, 7) is 5.92. The van der Waals surface area contributed by atoms with Crippen LogP contribution in [0.1, 0.15) is 33.6 Å². The number of ether oxygens (including phenoxy) is 2. The number of aromatic nitrogens is 1. The van der Waals surface area contributed by atoms with Gasteiger partial charge in [-0.15, -0.1) is 0 Å². The van der Waals surface area contributed by atoms with E-state index in [4.69, 9.17) is 15.2 Å². The Morgan fingerprint density at radius 1 is 1.38 bits per heavy atom. The largest absolute Gasteiger partial charge is 0.487 e. The van der Waals surface area contributed by atoms with Gasteiger partial charge in [0.25, 0.3) is 0 Å². The third-order valence-electron chi connectivity index (χ3n) is 2.10. The van der Waals surface area contributed by atoms with Crippen molar-refractivity contribution in [1.29, 1.82) is 0 Å². The summed E-state index contributed by atoms with van der Waals surface area (Å²) in [6.07, 6.45) is 4.19. The SMILES string of the molecule is CC(C)(C)Oc1cc(N)c(OC2CC2)cn1. The average Bonchev–Trinajstić information content (AvgIpc) is 2.90. The van der Waals surface area contributed by atoms with Gasteiger partial charge in [-0.05, 0) is 33.6 Å². The number of hydrogen-bond acceptors (Lipinski definition) is 4. The van der Waals surface area contributed by atoms with Gasteiger partial charge in [0.05, 0.1) is 18.0 Å². The zero-order valence-electron chi connectivity index (χ0n) is 9.99. The van der Waals surface area contributed by atoms with Crippen molar-refractivity contribution < 1.29 is 9.47 Å². The first kappa shape index (κ1) is 11.0. The lowest BCUT2D eigenvalue weighted by Crippen LogP contribution is -2.23. The van der Waals surface area contributed by atoms with Crippen molar-refractivity contribution in [3.8, 4) is 11.6 Å². The molecular formula is C12H18N2O2. The number of rotatable bonds is 3. The molecule has 0 aromatic carbocycles. The summed E-state index contributed by atoms with van der Waals surface area (Å²) in [5, 5.41) is 0. The van der Waals surface area contributed by atoms with E-state index >= 15 is 0 Å². The van der Waals surface area contributed by atoms with Crippen LogP contribution in [0, 0.1) is 0 Å². The number of nitrogens with two attached hydrogens (primary N) is 1. The molecule has 0 amide bonds. The molecule has 0 unspecified atom stereocenters. The van der Waals surface area contributed by atoms with E-state index in [2.05, 4.69) is 4.98 Å². The summed E-state index contributed by atoms with van der Waals surface area (Å²) in [5.74, 6) is 1.19. The van der Waals surface area contributed by atoms with Gasteiger partial charge in [-0.25, -0.2) is 4.98 Å². The van der Waals surface area contributed by atoms with Gasteiger partial charge in [-0.3, -0.25) is 0 Å². The van der Waals surface area contributed by atoms with Gasteiger partial charge in [-0.2, -0.15) is 0 Å². The Bertz CT molecular complexity index is 381. The maximum Gasteiger partial charge on any atom is 0.216 e. The summed E-state index contributed by atoms with van der Waals surface area (Å²) in [7, 11) is 0. The molecule has 1 saturated carbocycles. The molecule has 16 heavy (non-hydrogen) atoms. The van der Waals surface area contributed by atoms with Crippen molar-refractivity contribution in [3.63, 3.8) is 0 Å². The monoisotopic (exact) mass is 222 g/mol. The van der Waals surface area contributed by atoms with Gasteiger partial charge in [0.2, 0.25) is 5.88 Å². The van der Waals surface area contributed by atoms with Crippen molar-refractivity contribution >= 4 is 5.69 Å². The zero-order chi connectivity index (χ0) is 11.8. The quantitative estimate of drug-likeness (QED) is 0.853. The number of nitrogens with zero attached hydrogens (tertiary/aromatic N) is 1. The number of nitrogen functional groups attached to an aromatic ring is 1. The first-order chi connectivity index (χ1) is 7.44. The highest BCUT2D eigenvalue weighted by Gasteiger charge is 2.24. The average molecular weight is 222 g/mol. The molecule has 1 aliphatic carbocycles. The van der Waals surface area contributed by atoms with E-state index in [1.54, 1.807) is 12.3 Å². The molecular weight excluding hydrogens is 204 g/mol. The predicted molar refractivity (Wildman–Crippen MR) is 62.7 cm³/mol. The number of anilines is 1. The Balaban J connectivity index is 2.08. The van der Waals surface area contributed by atoms with Crippen LogP contribution in [0.3, 0.4) is 0 Å². The molecule has 0 spiro atoms. The molecule has 1 aromatic rings. The van der Waals surface area contributed by atoms with E-state index in [1.165, 1.54) is 0 Å². The van der Waals surface area contributed by atoms with Gasteiger partial charge in [0.1, 0.15) is 5.60 Å². The van der Waals surface area contributed by atoms with E-state index in [9.17, 15) is 0 Å². The molecule has 4 heteroatoms. The summed E-state index contributed by atoms with van der Waals surface area (Å²) >= 11 is 0. The lowest BCUT2D eigenvalue weighted by Gasteiger charge is -2.20. The second-order valence-electron chi connectivity index (χ2n) is 5.09. The second-order valence-corrected chi connectivity index (χ2v) is 5.09. The molecule has 1 aromatic heterocycles. The lowest BCUT2D eigenvalue weighted by atomic mass is 10.2.